The van der Waals surface area contributed by atoms with Crippen LogP contribution in [0.1, 0.15) is 53.1 Å². The van der Waals surface area contributed by atoms with Crippen molar-refractivity contribution in [1.82, 2.24) is 9.88 Å². The lowest BCUT2D eigenvalue weighted by molar-refractivity contribution is 0.0700. The summed E-state index contributed by atoms with van der Waals surface area (Å²) in [6, 6.07) is 24.6. The lowest BCUT2D eigenvalue weighted by atomic mass is 9.81. The van der Waals surface area contributed by atoms with Gasteiger partial charge in [0.25, 0.3) is 5.91 Å². The molecule has 1 saturated carbocycles. The van der Waals surface area contributed by atoms with Crippen LogP contribution in [0.15, 0.2) is 90.2 Å². The van der Waals surface area contributed by atoms with E-state index >= 15 is 0 Å². The molecule has 4 rings (SSSR count). The molecule has 6 heteroatoms. The average Bonchev–Trinajstić information content (AvgIpc) is 2.91. The van der Waals surface area contributed by atoms with E-state index in [4.69, 9.17) is 11.5 Å². The molecule has 1 fully saturated rings. The zero-order valence-corrected chi connectivity index (χ0v) is 20.2. The van der Waals surface area contributed by atoms with E-state index in [9.17, 15) is 4.79 Å². The lowest BCUT2D eigenvalue weighted by Gasteiger charge is -2.34. The molecule has 1 aliphatic rings. The predicted molar refractivity (Wildman–Crippen MR) is 141 cm³/mol. The molecule has 0 unspecified atom stereocenters. The number of pyridine rings is 1. The number of rotatable bonds is 9. The number of nitrogens with two attached hydrogens (primary N) is 2. The Morgan fingerprint density at radius 2 is 1.40 bits per heavy atom. The first-order valence-corrected chi connectivity index (χ1v) is 12.4. The highest BCUT2D eigenvalue weighted by Crippen LogP contribution is 2.32. The third kappa shape index (κ3) is 6.92. The van der Waals surface area contributed by atoms with Crippen molar-refractivity contribution in [1.29, 1.82) is 0 Å². The number of aromatic nitrogens is 1. The maximum atomic E-state index is 13.7. The standard InChI is InChI=1S/C29H35N5O/c30-29(31)33-19-22-11-13-23(14-12-22)20-34(28(35)26-15-17-32-18-16-26)21-27(24-7-3-1-4-8-24)25-9-5-2-6-10-25/h1-10,15-18,22-23,27H,11-14,19-21H2,(H4,30,31,33). The first kappa shape index (κ1) is 24.5. The largest absolute Gasteiger partial charge is 0.370 e. The van der Waals surface area contributed by atoms with Crippen molar-refractivity contribution >= 4 is 11.9 Å². The molecular weight excluding hydrogens is 434 g/mol. The van der Waals surface area contributed by atoms with E-state index in [-0.39, 0.29) is 17.8 Å². The third-order valence-electron chi connectivity index (χ3n) is 7.00. The number of hydrogen-bond acceptors (Lipinski definition) is 3. The summed E-state index contributed by atoms with van der Waals surface area (Å²) in [6.45, 7) is 2.06. The minimum absolute atomic E-state index is 0.0619. The fourth-order valence-corrected chi connectivity index (χ4v) is 5.05. The Bertz CT molecular complexity index is 1040. The van der Waals surface area contributed by atoms with Gasteiger partial charge < -0.3 is 16.4 Å². The van der Waals surface area contributed by atoms with Crippen LogP contribution in [0, 0.1) is 11.8 Å². The summed E-state index contributed by atoms with van der Waals surface area (Å²) < 4.78 is 0. The van der Waals surface area contributed by atoms with Gasteiger partial charge in [0, 0.05) is 43.5 Å². The third-order valence-corrected chi connectivity index (χ3v) is 7.00. The fraction of sp³-hybridized carbons (Fsp3) is 0.345. The van der Waals surface area contributed by atoms with Gasteiger partial charge in [0.1, 0.15) is 0 Å². The maximum absolute atomic E-state index is 13.7. The van der Waals surface area contributed by atoms with Crippen molar-refractivity contribution in [2.24, 2.45) is 28.3 Å². The van der Waals surface area contributed by atoms with Crippen LogP contribution in [0.25, 0.3) is 0 Å². The molecule has 0 bridgehead atoms. The van der Waals surface area contributed by atoms with E-state index < -0.39 is 0 Å². The second-order valence-electron chi connectivity index (χ2n) is 9.47. The first-order chi connectivity index (χ1) is 17.1. The monoisotopic (exact) mass is 469 g/mol. The Morgan fingerprint density at radius 1 is 0.857 bits per heavy atom. The van der Waals surface area contributed by atoms with E-state index in [2.05, 4.69) is 63.4 Å². The molecular formula is C29H35N5O. The Kier molecular flexibility index (Phi) is 8.49. The molecule has 1 amide bonds. The molecule has 0 aliphatic heterocycles. The Hall–Kier alpha value is -3.67. The summed E-state index contributed by atoms with van der Waals surface area (Å²) in [6.07, 6.45) is 7.69. The summed E-state index contributed by atoms with van der Waals surface area (Å²) in [4.78, 5) is 24.1. The van der Waals surface area contributed by atoms with Crippen LogP contribution in [0.5, 0.6) is 0 Å². The maximum Gasteiger partial charge on any atom is 0.254 e. The quantitative estimate of drug-likeness (QED) is 0.358. The number of benzene rings is 2. The first-order valence-electron chi connectivity index (χ1n) is 12.4. The van der Waals surface area contributed by atoms with Gasteiger partial charge in [0.05, 0.1) is 0 Å². The average molecular weight is 470 g/mol. The van der Waals surface area contributed by atoms with E-state index in [1.807, 2.05) is 24.3 Å². The smallest absolute Gasteiger partial charge is 0.254 e. The van der Waals surface area contributed by atoms with Crippen LogP contribution in [-0.2, 0) is 0 Å². The van der Waals surface area contributed by atoms with Crippen LogP contribution in [-0.4, -0.2) is 41.4 Å². The van der Waals surface area contributed by atoms with Gasteiger partial charge in [0.2, 0.25) is 0 Å². The van der Waals surface area contributed by atoms with E-state index in [0.717, 1.165) is 32.2 Å². The van der Waals surface area contributed by atoms with Crippen LogP contribution in [0.3, 0.4) is 0 Å². The Morgan fingerprint density at radius 3 is 1.94 bits per heavy atom. The van der Waals surface area contributed by atoms with Crippen LogP contribution in [0.2, 0.25) is 0 Å². The molecule has 1 aromatic heterocycles. The van der Waals surface area contributed by atoms with Gasteiger partial charge in [-0.05, 0) is 60.8 Å². The molecule has 4 N–H and O–H groups in total. The van der Waals surface area contributed by atoms with Crippen molar-refractivity contribution in [3.8, 4) is 0 Å². The van der Waals surface area contributed by atoms with Gasteiger partial charge >= 0.3 is 0 Å². The minimum Gasteiger partial charge on any atom is -0.370 e. The fourth-order valence-electron chi connectivity index (χ4n) is 5.05. The summed E-state index contributed by atoms with van der Waals surface area (Å²) >= 11 is 0. The highest BCUT2D eigenvalue weighted by atomic mass is 16.2. The molecule has 0 saturated heterocycles. The Labute approximate surface area is 208 Å². The number of carbonyl (C=O) groups is 1. The summed E-state index contributed by atoms with van der Waals surface area (Å²) in [5.74, 6) is 1.30. The molecule has 0 spiro atoms. The van der Waals surface area contributed by atoms with Crippen LogP contribution >= 0.6 is 0 Å². The normalized spacial score (nSPS) is 17.6. The van der Waals surface area contributed by atoms with Gasteiger partial charge in [-0.3, -0.25) is 14.8 Å². The molecule has 1 heterocycles. The Balaban J connectivity index is 1.55. The number of aliphatic imine (C=N–C) groups is 1. The van der Waals surface area contributed by atoms with Crippen molar-refractivity contribution in [3.63, 3.8) is 0 Å². The minimum atomic E-state index is 0.0619. The molecule has 6 nitrogen and oxygen atoms in total. The van der Waals surface area contributed by atoms with Gasteiger partial charge in [-0.15, -0.1) is 0 Å². The highest BCUT2D eigenvalue weighted by Gasteiger charge is 2.28. The summed E-state index contributed by atoms with van der Waals surface area (Å²) in [5.41, 5.74) is 14.1. The second-order valence-corrected chi connectivity index (χ2v) is 9.47. The lowest BCUT2D eigenvalue weighted by Crippen LogP contribution is -2.39. The van der Waals surface area contributed by atoms with Crippen molar-refractivity contribution < 1.29 is 4.79 Å². The highest BCUT2D eigenvalue weighted by molar-refractivity contribution is 5.94. The number of carbonyl (C=O) groups excluding carboxylic acids is 1. The summed E-state index contributed by atoms with van der Waals surface area (Å²) in [7, 11) is 0. The molecule has 3 aromatic rings. The number of hydrogen-bond donors (Lipinski definition) is 2. The molecule has 0 radical (unpaired) electrons. The van der Waals surface area contributed by atoms with E-state index in [0.29, 0.717) is 30.5 Å². The van der Waals surface area contributed by atoms with Crippen molar-refractivity contribution in [2.75, 3.05) is 19.6 Å². The van der Waals surface area contributed by atoms with Gasteiger partial charge in [-0.1, -0.05) is 60.7 Å². The zero-order valence-electron chi connectivity index (χ0n) is 20.2. The van der Waals surface area contributed by atoms with Crippen molar-refractivity contribution in [2.45, 2.75) is 31.6 Å². The molecule has 2 aromatic carbocycles. The van der Waals surface area contributed by atoms with Gasteiger partial charge in [-0.2, -0.15) is 0 Å². The van der Waals surface area contributed by atoms with Crippen LogP contribution < -0.4 is 11.5 Å². The number of amides is 1. The van der Waals surface area contributed by atoms with E-state index in [1.54, 1.807) is 12.4 Å². The SMILES string of the molecule is NC(N)=NCC1CCC(CN(CC(c2ccccc2)c2ccccc2)C(=O)c2ccncc2)CC1. The van der Waals surface area contributed by atoms with Crippen molar-refractivity contribution in [3.05, 3.63) is 102 Å². The van der Waals surface area contributed by atoms with Gasteiger partial charge in [-0.25, -0.2) is 0 Å². The molecule has 35 heavy (non-hydrogen) atoms. The number of guanidine groups is 1. The zero-order chi connectivity index (χ0) is 24.5. The molecule has 1 aliphatic carbocycles. The molecule has 182 valence electrons. The van der Waals surface area contributed by atoms with E-state index in [1.165, 1.54) is 11.1 Å². The number of nitrogens with zero attached hydrogens (tertiary/aromatic N) is 3. The van der Waals surface area contributed by atoms with Gasteiger partial charge in [0.15, 0.2) is 5.96 Å². The molecule has 0 atom stereocenters. The topological polar surface area (TPSA) is 97.6 Å². The second kappa shape index (κ2) is 12.2. The van der Waals surface area contributed by atoms with Crippen LogP contribution in [0.4, 0.5) is 0 Å². The summed E-state index contributed by atoms with van der Waals surface area (Å²) in [5, 5.41) is 0. The predicted octanol–water partition coefficient (Wildman–Crippen LogP) is 4.44.